The highest BCUT2D eigenvalue weighted by Crippen LogP contribution is 2.35. The van der Waals surface area contributed by atoms with Gasteiger partial charge in [-0.15, -0.1) is 0 Å². The lowest BCUT2D eigenvalue weighted by atomic mass is 10.1. The Hall–Kier alpha value is -0.480. The molecule has 1 unspecified atom stereocenters. The topological polar surface area (TPSA) is 12.0 Å². The number of hydrogen-bond acceptors (Lipinski definition) is 2. The van der Waals surface area contributed by atoms with Crippen LogP contribution in [0.4, 0.5) is 0 Å². The van der Waals surface area contributed by atoms with Gasteiger partial charge in [0.15, 0.2) is 0 Å². The molecule has 4 heteroatoms. The van der Waals surface area contributed by atoms with E-state index in [9.17, 15) is 0 Å². The first-order chi connectivity index (χ1) is 10.1. The molecule has 1 nitrogen and oxygen atoms in total. The van der Waals surface area contributed by atoms with E-state index in [0.717, 1.165) is 27.4 Å². The third-order valence-corrected chi connectivity index (χ3v) is 5.24. The van der Waals surface area contributed by atoms with Gasteiger partial charge in [-0.3, -0.25) is 0 Å². The Kier molecular flexibility index (Phi) is 6.62. The van der Waals surface area contributed by atoms with Crippen molar-refractivity contribution < 1.29 is 0 Å². The summed E-state index contributed by atoms with van der Waals surface area (Å²) in [6.45, 7) is 5.36. The van der Waals surface area contributed by atoms with Crippen molar-refractivity contribution in [3.05, 3.63) is 57.5 Å². The summed E-state index contributed by atoms with van der Waals surface area (Å²) in [6, 6.07) is 14.9. The van der Waals surface area contributed by atoms with E-state index in [1.54, 1.807) is 11.8 Å². The van der Waals surface area contributed by atoms with Crippen molar-refractivity contribution in [3.63, 3.8) is 0 Å². The summed E-state index contributed by atoms with van der Waals surface area (Å²) in [5.41, 5.74) is 1.23. The Morgan fingerprint density at radius 1 is 1.19 bits per heavy atom. The molecule has 1 atom stereocenters. The molecule has 0 aliphatic rings. The van der Waals surface area contributed by atoms with Crippen LogP contribution < -0.4 is 5.32 Å². The summed E-state index contributed by atoms with van der Waals surface area (Å²) in [4.78, 5) is 2.27. The number of benzene rings is 2. The Morgan fingerprint density at radius 3 is 2.52 bits per heavy atom. The standard InChI is InChI=1S/C17H19BrClNS/c1-3-10-20-12(2)13-4-9-17(16(19)11-13)21-15-7-5-14(18)6-8-15/h4-9,11-12,20H,3,10H2,1-2H3. The summed E-state index contributed by atoms with van der Waals surface area (Å²) in [7, 11) is 0. The molecule has 0 aliphatic heterocycles. The summed E-state index contributed by atoms with van der Waals surface area (Å²) >= 11 is 11.6. The van der Waals surface area contributed by atoms with Gasteiger partial charge in [0.2, 0.25) is 0 Å². The fraction of sp³-hybridized carbons (Fsp3) is 0.294. The van der Waals surface area contributed by atoms with Crippen LogP contribution in [-0.4, -0.2) is 6.54 Å². The summed E-state index contributed by atoms with van der Waals surface area (Å²) in [5, 5.41) is 4.29. The first-order valence-electron chi connectivity index (χ1n) is 7.06. The van der Waals surface area contributed by atoms with E-state index in [2.05, 4.69) is 65.4 Å². The van der Waals surface area contributed by atoms with Crippen molar-refractivity contribution in [2.24, 2.45) is 0 Å². The number of nitrogens with one attached hydrogen (secondary N) is 1. The Morgan fingerprint density at radius 2 is 1.90 bits per heavy atom. The van der Waals surface area contributed by atoms with Gasteiger partial charge in [-0.05, 0) is 61.9 Å². The molecule has 0 aromatic heterocycles. The van der Waals surface area contributed by atoms with Gasteiger partial charge in [-0.25, -0.2) is 0 Å². The summed E-state index contributed by atoms with van der Waals surface area (Å²) in [5.74, 6) is 0. The van der Waals surface area contributed by atoms with Crippen LogP contribution in [0.2, 0.25) is 5.02 Å². The summed E-state index contributed by atoms with van der Waals surface area (Å²) in [6.07, 6.45) is 1.13. The number of hydrogen-bond donors (Lipinski definition) is 1. The highest BCUT2D eigenvalue weighted by Gasteiger charge is 2.08. The molecule has 0 spiro atoms. The maximum atomic E-state index is 6.43. The van der Waals surface area contributed by atoms with Crippen molar-refractivity contribution in [1.29, 1.82) is 0 Å². The SMILES string of the molecule is CCCNC(C)c1ccc(Sc2ccc(Br)cc2)c(Cl)c1. The molecular formula is C17H19BrClNS. The molecule has 0 bridgehead atoms. The third-order valence-electron chi connectivity index (χ3n) is 3.20. The average Bonchev–Trinajstić information content (AvgIpc) is 2.49. The molecule has 112 valence electrons. The van der Waals surface area contributed by atoms with Gasteiger partial charge < -0.3 is 5.32 Å². The molecule has 2 aromatic carbocycles. The molecule has 0 fully saturated rings. The van der Waals surface area contributed by atoms with Gasteiger partial charge in [0.1, 0.15) is 0 Å². The monoisotopic (exact) mass is 383 g/mol. The van der Waals surface area contributed by atoms with Crippen molar-refractivity contribution in [3.8, 4) is 0 Å². The van der Waals surface area contributed by atoms with Crippen LogP contribution in [0.1, 0.15) is 31.9 Å². The van der Waals surface area contributed by atoms with Crippen LogP contribution >= 0.6 is 39.3 Å². The zero-order valence-electron chi connectivity index (χ0n) is 12.2. The van der Waals surface area contributed by atoms with Crippen molar-refractivity contribution in [2.75, 3.05) is 6.54 Å². The molecule has 0 saturated carbocycles. The van der Waals surface area contributed by atoms with Crippen LogP contribution in [0.15, 0.2) is 56.7 Å². The average molecular weight is 385 g/mol. The highest BCUT2D eigenvalue weighted by atomic mass is 79.9. The number of rotatable bonds is 6. The zero-order chi connectivity index (χ0) is 15.2. The Balaban J connectivity index is 2.10. The van der Waals surface area contributed by atoms with Gasteiger partial charge in [0.25, 0.3) is 0 Å². The second kappa shape index (κ2) is 8.23. The van der Waals surface area contributed by atoms with E-state index < -0.39 is 0 Å². The van der Waals surface area contributed by atoms with Gasteiger partial charge in [0.05, 0.1) is 5.02 Å². The third kappa shape index (κ3) is 5.03. The molecule has 1 N–H and O–H groups in total. The zero-order valence-corrected chi connectivity index (χ0v) is 15.4. The minimum absolute atomic E-state index is 0.328. The van der Waals surface area contributed by atoms with E-state index in [4.69, 9.17) is 11.6 Å². The van der Waals surface area contributed by atoms with Crippen LogP contribution in [0, 0.1) is 0 Å². The first-order valence-corrected chi connectivity index (χ1v) is 9.05. The van der Waals surface area contributed by atoms with Crippen LogP contribution in [-0.2, 0) is 0 Å². The first kappa shape index (κ1) is 16.9. The van der Waals surface area contributed by atoms with Crippen molar-refractivity contribution in [2.45, 2.75) is 36.1 Å². The lowest BCUT2D eigenvalue weighted by Crippen LogP contribution is -2.19. The highest BCUT2D eigenvalue weighted by molar-refractivity contribution is 9.10. The van der Waals surface area contributed by atoms with E-state index in [1.807, 2.05) is 12.1 Å². The Labute approximate surface area is 144 Å². The predicted molar refractivity (Wildman–Crippen MR) is 96.4 cm³/mol. The minimum Gasteiger partial charge on any atom is -0.310 e. The number of halogens is 2. The normalized spacial score (nSPS) is 12.4. The lowest BCUT2D eigenvalue weighted by molar-refractivity contribution is 0.570. The van der Waals surface area contributed by atoms with Crippen LogP contribution in [0.25, 0.3) is 0 Å². The Bertz CT molecular complexity index is 586. The van der Waals surface area contributed by atoms with Gasteiger partial charge >= 0.3 is 0 Å². The maximum absolute atomic E-state index is 6.43. The van der Waals surface area contributed by atoms with Gasteiger partial charge in [0, 0.05) is 20.3 Å². The molecule has 2 aromatic rings. The fourth-order valence-electron chi connectivity index (χ4n) is 1.98. The smallest absolute Gasteiger partial charge is 0.0548 e. The second-order valence-electron chi connectivity index (χ2n) is 4.92. The van der Waals surface area contributed by atoms with Crippen molar-refractivity contribution >= 4 is 39.3 Å². The van der Waals surface area contributed by atoms with Gasteiger partial charge in [-0.2, -0.15) is 0 Å². The van der Waals surface area contributed by atoms with E-state index in [1.165, 1.54) is 10.5 Å². The minimum atomic E-state index is 0.328. The lowest BCUT2D eigenvalue weighted by Gasteiger charge is -2.15. The van der Waals surface area contributed by atoms with Gasteiger partial charge in [-0.1, -0.05) is 52.3 Å². The molecule has 0 amide bonds. The van der Waals surface area contributed by atoms with E-state index in [-0.39, 0.29) is 0 Å². The van der Waals surface area contributed by atoms with Crippen LogP contribution in [0.5, 0.6) is 0 Å². The molecule has 0 saturated heterocycles. The molecular weight excluding hydrogens is 366 g/mol. The molecule has 0 heterocycles. The largest absolute Gasteiger partial charge is 0.310 e. The van der Waals surface area contributed by atoms with E-state index in [0.29, 0.717) is 6.04 Å². The summed E-state index contributed by atoms with van der Waals surface area (Å²) < 4.78 is 1.09. The molecule has 0 radical (unpaired) electrons. The fourth-order valence-corrected chi connectivity index (χ4v) is 3.37. The van der Waals surface area contributed by atoms with E-state index >= 15 is 0 Å². The predicted octanol–water partition coefficient (Wildman–Crippen LogP) is 6.31. The molecule has 21 heavy (non-hydrogen) atoms. The molecule has 0 aliphatic carbocycles. The molecule has 2 rings (SSSR count). The quantitative estimate of drug-likeness (QED) is 0.626. The van der Waals surface area contributed by atoms with Crippen LogP contribution in [0.3, 0.4) is 0 Å². The van der Waals surface area contributed by atoms with Crippen molar-refractivity contribution in [1.82, 2.24) is 5.32 Å². The maximum Gasteiger partial charge on any atom is 0.0548 e. The second-order valence-corrected chi connectivity index (χ2v) is 7.36.